The smallest absolute Gasteiger partial charge is 0.186 e. The van der Waals surface area contributed by atoms with Crippen molar-refractivity contribution >= 4 is 0 Å². The van der Waals surface area contributed by atoms with Crippen LogP contribution in [0, 0.1) is 0 Å². The number of benzene rings is 4. The van der Waals surface area contributed by atoms with Crippen LogP contribution in [0.25, 0.3) is 0 Å². The predicted octanol–water partition coefficient (Wildman–Crippen LogP) is 6.33. The van der Waals surface area contributed by atoms with Gasteiger partial charge in [-0.15, -0.1) is 0 Å². The van der Waals surface area contributed by atoms with Crippen molar-refractivity contribution in [1.29, 1.82) is 0 Å². The summed E-state index contributed by atoms with van der Waals surface area (Å²) in [5.41, 5.74) is 4.27. The highest BCUT2D eigenvalue weighted by atomic mass is 16.7. The molecule has 41 heavy (non-hydrogen) atoms. The minimum absolute atomic E-state index is 0.310. The Morgan fingerprint density at radius 1 is 0.488 bits per heavy atom. The Morgan fingerprint density at radius 3 is 1.32 bits per heavy atom. The van der Waals surface area contributed by atoms with Gasteiger partial charge < -0.3 is 28.4 Å². The van der Waals surface area contributed by atoms with E-state index in [-0.39, 0.29) is 0 Å². The van der Waals surface area contributed by atoms with Crippen LogP contribution in [0.15, 0.2) is 121 Å². The van der Waals surface area contributed by atoms with Gasteiger partial charge in [0.1, 0.15) is 24.4 Å². The van der Waals surface area contributed by atoms with Crippen LogP contribution in [0.3, 0.4) is 0 Å². The maximum Gasteiger partial charge on any atom is 0.186 e. The van der Waals surface area contributed by atoms with Crippen LogP contribution >= 0.6 is 0 Å². The van der Waals surface area contributed by atoms with Crippen LogP contribution in [0.1, 0.15) is 22.3 Å². The molecule has 214 valence electrons. The molecule has 0 amide bonds. The molecule has 1 aliphatic heterocycles. The summed E-state index contributed by atoms with van der Waals surface area (Å²) in [4.78, 5) is 0. The van der Waals surface area contributed by atoms with E-state index in [1.165, 1.54) is 0 Å². The van der Waals surface area contributed by atoms with Crippen LogP contribution in [-0.2, 0) is 54.8 Å². The van der Waals surface area contributed by atoms with Crippen molar-refractivity contribution in [3.63, 3.8) is 0 Å². The average molecular weight is 555 g/mol. The highest BCUT2D eigenvalue weighted by molar-refractivity contribution is 5.16. The van der Waals surface area contributed by atoms with Crippen LogP contribution < -0.4 is 0 Å². The fourth-order valence-corrected chi connectivity index (χ4v) is 4.94. The lowest BCUT2D eigenvalue weighted by atomic mass is 9.97. The van der Waals surface area contributed by atoms with Gasteiger partial charge in [0, 0.05) is 7.11 Å². The first kappa shape index (κ1) is 29.1. The molecule has 5 atom stereocenters. The van der Waals surface area contributed by atoms with Gasteiger partial charge in [0.2, 0.25) is 0 Å². The molecule has 5 rings (SSSR count). The van der Waals surface area contributed by atoms with Gasteiger partial charge in [-0.3, -0.25) is 0 Å². The summed E-state index contributed by atoms with van der Waals surface area (Å²) in [5.74, 6) is 0. The first-order chi connectivity index (χ1) is 20.3. The topological polar surface area (TPSA) is 55.4 Å². The summed E-state index contributed by atoms with van der Waals surface area (Å²) in [6.07, 6.45) is -2.59. The van der Waals surface area contributed by atoms with E-state index in [9.17, 15) is 0 Å². The molecule has 0 radical (unpaired) electrons. The van der Waals surface area contributed by atoms with E-state index in [0.717, 1.165) is 22.3 Å². The second kappa shape index (κ2) is 15.6. The Bertz CT molecular complexity index is 1260. The molecule has 1 saturated heterocycles. The molecule has 0 N–H and O–H groups in total. The molecule has 1 fully saturated rings. The van der Waals surface area contributed by atoms with E-state index in [2.05, 4.69) is 0 Å². The maximum atomic E-state index is 6.63. The molecule has 1 heterocycles. The zero-order valence-electron chi connectivity index (χ0n) is 23.4. The maximum absolute atomic E-state index is 6.63. The van der Waals surface area contributed by atoms with Crippen LogP contribution in [0.2, 0.25) is 0 Å². The molecule has 6 heteroatoms. The molecule has 4 aromatic carbocycles. The van der Waals surface area contributed by atoms with Crippen molar-refractivity contribution in [2.24, 2.45) is 0 Å². The van der Waals surface area contributed by atoms with E-state index in [1.54, 1.807) is 7.11 Å². The molecule has 6 nitrogen and oxygen atoms in total. The van der Waals surface area contributed by atoms with Crippen LogP contribution in [0.4, 0.5) is 0 Å². The van der Waals surface area contributed by atoms with Gasteiger partial charge in [-0.05, 0) is 22.3 Å². The van der Waals surface area contributed by atoms with Crippen molar-refractivity contribution in [1.82, 2.24) is 0 Å². The van der Waals surface area contributed by atoms with Gasteiger partial charge in [-0.2, -0.15) is 0 Å². The number of hydrogen-bond donors (Lipinski definition) is 0. The van der Waals surface area contributed by atoms with Gasteiger partial charge in [-0.1, -0.05) is 121 Å². The summed E-state index contributed by atoms with van der Waals surface area (Å²) in [6.45, 7) is 1.97. The Morgan fingerprint density at radius 2 is 0.878 bits per heavy atom. The van der Waals surface area contributed by atoms with Crippen molar-refractivity contribution in [3.8, 4) is 0 Å². The highest BCUT2D eigenvalue weighted by Gasteiger charge is 2.48. The Hall–Kier alpha value is -3.36. The standard InChI is InChI=1S/C35H38O6/c1-36-35-34(40-25-30-20-12-5-13-21-30)33(39-24-29-18-10-4-11-19-29)32(38-23-28-16-8-3-9-17-28)31(41-35)26-37-22-27-14-6-2-7-15-27/h2-21,31-35H,22-26H2,1H3/t31-,32-,33+,34-,35-/m1/s1. The summed E-state index contributed by atoms with van der Waals surface area (Å²) < 4.78 is 38.2. The zero-order chi connectivity index (χ0) is 28.1. The van der Waals surface area contributed by atoms with Gasteiger partial charge in [0.15, 0.2) is 6.29 Å². The lowest BCUT2D eigenvalue weighted by molar-refractivity contribution is -0.323. The highest BCUT2D eigenvalue weighted by Crippen LogP contribution is 2.31. The van der Waals surface area contributed by atoms with Gasteiger partial charge in [0.25, 0.3) is 0 Å². The normalized spacial score (nSPS) is 22.4. The van der Waals surface area contributed by atoms with Crippen molar-refractivity contribution in [2.45, 2.75) is 57.1 Å². The predicted molar refractivity (Wildman–Crippen MR) is 157 cm³/mol. The third-order valence-corrected chi connectivity index (χ3v) is 7.07. The van der Waals surface area contributed by atoms with E-state index in [1.807, 2.05) is 121 Å². The summed E-state index contributed by atoms with van der Waals surface area (Å²) in [7, 11) is 1.63. The van der Waals surface area contributed by atoms with Crippen molar-refractivity contribution < 1.29 is 28.4 Å². The molecule has 0 saturated carbocycles. The van der Waals surface area contributed by atoms with E-state index in [0.29, 0.717) is 33.0 Å². The quantitative estimate of drug-likeness (QED) is 0.182. The molecular formula is C35H38O6. The second-order valence-corrected chi connectivity index (χ2v) is 10.1. The lowest BCUT2D eigenvalue weighted by Gasteiger charge is -2.45. The third-order valence-electron chi connectivity index (χ3n) is 7.07. The minimum atomic E-state index is -0.665. The molecule has 0 aliphatic carbocycles. The number of hydrogen-bond acceptors (Lipinski definition) is 6. The van der Waals surface area contributed by atoms with Crippen LogP contribution in [0.5, 0.6) is 0 Å². The minimum Gasteiger partial charge on any atom is -0.374 e. The molecule has 4 aromatic rings. The summed E-state index contributed by atoms with van der Waals surface area (Å²) >= 11 is 0. The average Bonchev–Trinajstić information content (AvgIpc) is 3.04. The second-order valence-electron chi connectivity index (χ2n) is 10.1. The largest absolute Gasteiger partial charge is 0.374 e. The van der Waals surface area contributed by atoms with Crippen LogP contribution in [-0.4, -0.2) is 44.4 Å². The van der Waals surface area contributed by atoms with Gasteiger partial charge in [-0.25, -0.2) is 0 Å². The van der Waals surface area contributed by atoms with Gasteiger partial charge >= 0.3 is 0 Å². The zero-order valence-corrected chi connectivity index (χ0v) is 23.4. The number of rotatable bonds is 14. The molecular weight excluding hydrogens is 516 g/mol. The Labute approximate surface area is 242 Å². The molecule has 0 bridgehead atoms. The third kappa shape index (κ3) is 8.57. The monoisotopic (exact) mass is 554 g/mol. The molecule has 1 aliphatic rings. The van der Waals surface area contributed by atoms with Crippen molar-refractivity contribution in [3.05, 3.63) is 144 Å². The number of ether oxygens (including phenoxy) is 6. The Kier molecular flexibility index (Phi) is 11.1. The lowest BCUT2D eigenvalue weighted by Crippen LogP contribution is -2.61. The SMILES string of the molecule is CO[C@@H]1O[C@H](COCc2ccccc2)[C@@H](OCc2ccccc2)[C@H](OCc2ccccc2)[C@H]1OCc1ccccc1. The van der Waals surface area contributed by atoms with E-state index >= 15 is 0 Å². The fourth-order valence-electron chi connectivity index (χ4n) is 4.94. The fraction of sp³-hybridized carbons (Fsp3) is 0.314. The number of methoxy groups -OCH3 is 1. The van der Waals surface area contributed by atoms with Gasteiger partial charge in [0.05, 0.1) is 33.0 Å². The summed E-state index contributed by atoms with van der Waals surface area (Å²) in [5, 5.41) is 0. The molecule has 0 aromatic heterocycles. The first-order valence-corrected chi connectivity index (χ1v) is 14.1. The molecule has 0 unspecified atom stereocenters. The summed E-state index contributed by atoms with van der Waals surface area (Å²) in [6, 6.07) is 40.4. The van der Waals surface area contributed by atoms with Crippen molar-refractivity contribution in [2.75, 3.05) is 13.7 Å². The first-order valence-electron chi connectivity index (χ1n) is 14.1. The van der Waals surface area contributed by atoms with E-state index < -0.39 is 30.7 Å². The molecule has 0 spiro atoms. The Balaban J connectivity index is 1.38. The van der Waals surface area contributed by atoms with E-state index in [4.69, 9.17) is 28.4 Å².